The fourth-order valence-electron chi connectivity index (χ4n) is 0.632. The SMILES string of the molecule is C=CN=C(Cl)/C(=C\C)CC.CC. The summed E-state index contributed by atoms with van der Waals surface area (Å²) in [7, 11) is 0. The Hall–Kier alpha value is -0.560. The minimum atomic E-state index is 0.542. The molecule has 12 heavy (non-hydrogen) atoms. The van der Waals surface area contributed by atoms with Crippen LogP contribution < -0.4 is 0 Å². The molecule has 70 valence electrons. The van der Waals surface area contributed by atoms with Crippen LogP contribution in [-0.4, -0.2) is 5.17 Å². The number of nitrogens with zero attached hydrogens (tertiary/aromatic N) is 1. The van der Waals surface area contributed by atoms with Crippen molar-refractivity contribution in [1.82, 2.24) is 0 Å². The van der Waals surface area contributed by atoms with Gasteiger partial charge in [-0.1, -0.05) is 45.0 Å². The fraction of sp³-hybridized carbons (Fsp3) is 0.500. The zero-order chi connectivity index (χ0) is 9.98. The third-order valence-corrected chi connectivity index (χ3v) is 1.54. The van der Waals surface area contributed by atoms with Gasteiger partial charge in [-0.3, -0.25) is 0 Å². The minimum Gasteiger partial charge on any atom is -0.245 e. The van der Waals surface area contributed by atoms with Crippen molar-refractivity contribution in [3.05, 3.63) is 24.4 Å². The summed E-state index contributed by atoms with van der Waals surface area (Å²) in [6, 6.07) is 0. The molecule has 0 heterocycles. The number of halogens is 1. The molecular formula is C10H18ClN. The molecule has 0 fully saturated rings. The molecule has 0 aliphatic rings. The van der Waals surface area contributed by atoms with Gasteiger partial charge in [0.1, 0.15) is 5.17 Å². The molecule has 1 nitrogen and oxygen atoms in total. The number of aliphatic imine (C=N–C) groups is 1. The first-order chi connectivity index (χ1) is 5.76. The highest BCUT2D eigenvalue weighted by Gasteiger charge is 1.96. The Balaban J connectivity index is 0. The summed E-state index contributed by atoms with van der Waals surface area (Å²) in [5.74, 6) is 0. The van der Waals surface area contributed by atoms with Crippen LogP contribution in [0.5, 0.6) is 0 Å². The molecule has 0 bridgehead atoms. The van der Waals surface area contributed by atoms with Gasteiger partial charge in [0.15, 0.2) is 0 Å². The molecular weight excluding hydrogens is 170 g/mol. The first-order valence-electron chi connectivity index (χ1n) is 4.26. The summed E-state index contributed by atoms with van der Waals surface area (Å²) >= 11 is 5.76. The maximum Gasteiger partial charge on any atom is 0.131 e. The van der Waals surface area contributed by atoms with E-state index in [1.165, 1.54) is 6.20 Å². The van der Waals surface area contributed by atoms with Gasteiger partial charge in [-0.2, -0.15) is 0 Å². The maximum absolute atomic E-state index is 5.76. The lowest BCUT2D eigenvalue weighted by Crippen LogP contribution is -1.90. The molecule has 0 aromatic heterocycles. The number of hydrogen-bond acceptors (Lipinski definition) is 1. The van der Waals surface area contributed by atoms with Crippen molar-refractivity contribution < 1.29 is 0 Å². The average molecular weight is 188 g/mol. The quantitative estimate of drug-likeness (QED) is 0.589. The van der Waals surface area contributed by atoms with Gasteiger partial charge >= 0.3 is 0 Å². The summed E-state index contributed by atoms with van der Waals surface area (Å²) in [6.07, 6.45) is 4.31. The van der Waals surface area contributed by atoms with Crippen LogP contribution in [0.1, 0.15) is 34.1 Å². The van der Waals surface area contributed by atoms with Crippen molar-refractivity contribution in [2.45, 2.75) is 34.1 Å². The summed E-state index contributed by atoms with van der Waals surface area (Å²) < 4.78 is 0. The highest BCUT2D eigenvalue weighted by Crippen LogP contribution is 2.06. The highest BCUT2D eigenvalue weighted by molar-refractivity contribution is 6.69. The third-order valence-electron chi connectivity index (χ3n) is 1.20. The standard InChI is InChI=1S/C8H12ClN.C2H6/c1-4-7(5-2)8(9)10-6-3;1-2/h4,6H,3,5H2,1-2H3;1-2H3/b7-4-,10-8?;. The van der Waals surface area contributed by atoms with Gasteiger partial charge in [-0.15, -0.1) is 0 Å². The molecule has 0 aromatic rings. The van der Waals surface area contributed by atoms with Crippen molar-refractivity contribution >= 4 is 16.8 Å². The zero-order valence-electron chi connectivity index (χ0n) is 8.39. The minimum absolute atomic E-state index is 0.542. The Morgan fingerprint density at radius 1 is 1.50 bits per heavy atom. The molecule has 0 atom stereocenters. The van der Waals surface area contributed by atoms with Gasteiger partial charge in [0.2, 0.25) is 0 Å². The molecule has 0 N–H and O–H groups in total. The van der Waals surface area contributed by atoms with E-state index in [-0.39, 0.29) is 0 Å². The van der Waals surface area contributed by atoms with Crippen LogP contribution in [0.15, 0.2) is 29.4 Å². The predicted molar refractivity (Wildman–Crippen MR) is 58.9 cm³/mol. The molecule has 0 spiro atoms. The van der Waals surface area contributed by atoms with Crippen LogP contribution in [0.2, 0.25) is 0 Å². The van der Waals surface area contributed by atoms with Gasteiger partial charge in [0.25, 0.3) is 0 Å². The van der Waals surface area contributed by atoms with Crippen molar-refractivity contribution in [3.8, 4) is 0 Å². The monoisotopic (exact) mass is 187 g/mol. The fourth-order valence-corrected chi connectivity index (χ4v) is 0.944. The summed E-state index contributed by atoms with van der Waals surface area (Å²) in [5, 5.41) is 0.542. The smallest absolute Gasteiger partial charge is 0.131 e. The summed E-state index contributed by atoms with van der Waals surface area (Å²) in [6.45, 7) is 11.4. The molecule has 0 rings (SSSR count). The highest BCUT2D eigenvalue weighted by atomic mass is 35.5. The molecule has 0 unspecified atom stereocenters. The van der Waals surface area contributed by atoms with Crippen LogP contribution in [0.4, 0.5) is 0 Å². The van der Waals surface area contributed by atoms with Gasteiger partial charge in [-0.05, 0) is 18.9 Å². The summed E-state index contributed by atoms with van der Waals surface area (Å²) in [5.41, 5.74) is 1.06. The van der Waals surface area contributed by atoms with Crippen molar-refractivity contribution in [1.29, 1.82) is 0 Å². The molecule has 0 saturated carbocycles. The van der Waals surface area contributed by atoms with E-state index >= 15 is 0 Å². The largest absolute Gasteiger partial charge is 0.245 e. The molecule has 0 aliphatic heterocycles. The van der Waals surface area contributed by atoms with E-state index < -0.39 is 0 Å². The van der Waals surface area contributed by atoms with Gasteiger partial charge in [0, 0.05) is 6.20 Å². The number of rotatable bonds is 3. The van der Waals surface area contributed by atoms with E-state index in [0.717, 1.165) is 12.0 Å². The van der Waals surface area contributed by atoms with Crippen LogP contribution in [0.25, 0.3) is 0 Å². The Bertz CT molecular complexity index is 169. The van der Waals surface area contributed by atoms with E-state index in [4.69, 9.17) is 11.6 Å². The van der Waals surface area contributed by atoms with Crippen LogP contribution in [0.3, 0.4) is 0 Å². The second kappa shape index (κ2) is 10.4. The molecule has 0 aromatic carbocycles. The Morgan fingerprint density at radius 3 is 2.25 bits per heavy atom. The topological polar surface area (TPSA) is 12.4 Å². The first-order valence-corrected chi connectivity index (χ1v) is 4.63. The average Bonchev–Trinajstić information content (AvgIpc) is 2.11. The first kappa shape index (κ1) is 14.0. The Kier molecular flexibility index (Phi) is 12.2. The van der Waals surface area contributed by atoms with Crippen LogP contribution in [0, 0.1) is 0 Å². The van der Waals surface area contributed by atoms with Gasteiger partial charge < -0.3 is 0 Å². The van der Waals surface area contributed by atoms with Gasteiger partial charge in [-0.25, -0.2) is 4.99 Å². The van der Waals surface area contributed by atoms with E-state index in [0.29, 0.717) is 5.17 Å². The van der Waals surface area contributed by atoms with E-state index in [9.17, 15) is 0 Å². The van der Waals surface area contributed by atoms with E-state index in [1.807, 2.05) is 33.8 Å². The molecule has 0 aliphatic carbocycles. The lowest BCUT2D eigenvalue weighted by atomic mass is 10.2. The second-order valence-corrected chi connectivity index (χ2v) is 2.13. The van der Waals surface area contributed by atoms with Crippen LogP contribution in [-0.2, 0) is 0 Å². The Labute approximate surface area is 80.8 Å². The van der Waals surface area contributed by atoms with Crippen molar-refractivity contribution in [3.63, 3.8) is 0 Å². The molecule has 0 radical (unpaired) electrons. The molecule has 2 heteroatoms. The normalized spacial score (nSPS) is 11.8. The predicted octanol–water partition coefficient (Wildman–Crippen LogP) is 4.15. The van der Waals surface area contributed by atoms with Crippen molar-refractivity contribution in [2.24, 2.45) is 4.99 Å². The van der Waals surface area contributed by atoms with Crippen LogP contribution >= 0.6 is 11.6 Å². The zero-order valence-corrected chi connectivity index (χ0v) is 9.15. The van der Waals surface area contributed by atoms with E-state index in [1.54, 1.807) is 0 Å². The second-order valence-electron chi connectivity index (χ2n) is 1.77. The number of hydrogen-bond donors (Lipinski definition) is 0. The molecule has 0 saturated heterocycles. The lowest BCUT2D eigenvalue weighted by Gasteiger charge is -1.97. The third kappa shape index (κ3) is 6.17. The van der Waals surface area contributed by atoms with E-state index in [2.05, 4.69) is 11.6 Å². The Morgan fingerprint density at radius 2 is 2.00 bits per heavy atom. The number of allylic oxidation sites excluding steroid dienone is 2. The lowest BCUT2D eigenvalue weighted by molar-refractivity contribution is 1.17. The van der Waals surface area contributed by atoms with Crippen molar-refractivity contribution in [2.75, 3.05) is 0 Å². The maximum atomic E-state index is 5.76. The van der Waals surface area contributed by atoms with Gasteiger partial charge in [0.05, 0.1) is 0 Å². The summed E-state index contributed by atoms with van der Waals surface area (Å²) in [4.78, 5) is 3.84. The molecule has 0 amide bonds.